The number of nitrogens with zero attached hydrogens (tertiary/aromatic N) is 1. The first-order valence-corrected chi connectivity index (χ1v) is 5.05. The monoisotopic (exact) mass is 205 g/mol. The number of carboxylic acids is 1. The summed E-state index contributed by atoms with van der Waals surface area (Å²) in [6, 6.07) is 0.521. The van der Waals surface area contributed by atoms with Crippen LogP contribution in [-0.4, -0.2) is 29.0 Å². The Hall–Kier alpha value is 0.430. The second kappa shape index (κ2) is 4.12. The molecule has 1 saturated heterocycles. The Bertz CT molecular complexity index is 242. The fraction of sp³-hybridized carbons (Fsp3) is 0.900. The van der Waals surface area contributed by atoms with Crippen LogP contribution in [0.2, 0.25) is 0 Å². The zero-order valence-corrected chi connectivity index (χ0v) is 11.2. The second-order valence-electron chi connectivity index (χ2n) is 4.55. The molecule has 1 aliphatic carbocycles. The molecule has 4 heteroatoms. The third kappa shape index (κ3) is 1.75. The molecule has 0 aromatic rings. The molecule has 74 valence electrons. The Kier molecular flexibility index (Phi) is 3.68. The summed E-state index contributed by atoms with van der Waals surface area (Å²) in [6.45, 7) is 4.76. The van der Waals surface area contributed by atoms with Gasteiger partial charge < -0.3 is 9.90 Å². The van der Waals surface area contributed by atoms with Crippen LogP contribution in [0, 0.1) is 5.92 Å². The van der Waals surface area contributed by atoms with E-state index in [0.717, 1.165) is 25.8 Å². The second-order valence-corrected chi connectivity index (χ2v) is 4.55. The summed E-state index contributed by atoms with van der Waals surface area (Å²) >= 11 is 0. The van der Waals surface area contributed by atoms with Gasteiger partial charge in [-0.3, -0.25) is 4.90 Å². The molecule has 2 atom stereocenters. The minimum Gasteiger partial charge on any atom is -0.548 e. The topological polar surface area (TPSA) is 43.4 Å². The molecule has 2 rings (SSSR count). The molecule has 14 heavy (non-hydrogen) atoms. The third-order valence-corrected chi connectivity index (χ3v) is 3.76. The molecule has 0 radical (unpaired) electrons. The number of rotatable bonds is 2. The summed E-state index contributed by atoms with van der Waals surface area (Å²) < 4.78 is 0. The average molecular weight is 205 g/mol. The molecule has 0 aromatic carbocycles. The molecule has 1 saturated carbocycles. The summed E-state index contributed by atoms with van der Waals surface area (Å²) in [5.41, 5.74) is -0.707. The fourth-order valence-corrected chi connectivity index (χ4v) is 2.40. The van der Waals surface area contributed by atoms with Gasteiger partial charge in [0.05, 0.1) is 11.5 Å². The quantitative estimate of drug-likeness (QED) is 0.451. The van der Waals surface area contributed by atoms with Crippen molar-refractivity contribution >= 4 is 5.97 Å². The molecule has 0 aromatic heterocycles. The van der Waals surface area contributed by atoms with Crippen molar-refractivity contribution in [2.24, 2.45) is 5.92 Å². The van der Waals surface area contributed by atoms with Crippen molar-refractivity contribution < 1.29 is 39.5 Å². The van der Waals surface area contributed by atoms with Crippen LogP contribution in [0.3, 0.4) is 0 Å². The van der Waals surface area contributed by atoms with Gasteiger partial charge in [-0.2, -0.15) is 0 Å². The van der Waals surface area contributed by atoms with E-state index < -0.39 is 11.5 Å². The molecule has 3 nitrogen and oxygen atoms in total. The molecule has 1 unspecified atom stereocenters. The number of carbonyl (C=O) groups excluding carboxylic acids is 1. The van der Waals surface area contributed by atoms with E-state index in [-0.39, 0.29) is 35.5 Å². The standard InChI is InChI=1S/C10H17NO2.Na/c1-7-5-6-11(8-3-4-8)10(7,2)9(12)13;/h7-8H,3-6H2,1-2H3,(H,12,13);/q;+1/p-1/t7?,10-;/m0./s1. The molecule has 1 aliphatic heterocycles. The van der Waals surface area contributed by atoms with E-state index in [1.54, 1.807) is 0 Å². The van der Waals surface area contributed by atoms with Gasteiger partial charge in [-0.15, -0.1) is 0 Å². The van der Waals surface area contributed by atoms with Crippen LogP contribution < -0.4 is 34.7 Å². The Morgan fingerprint density at radius 2 is 2.00 bits per heavy atom. The number of aliphatic carboxylic acids is 1. The van der Waals surface area contributed by atoms with Crippen LogP contribution in [-0.2, 0) is 4.79 Å². The number of carboxylic acid groups (broad SMARTS) is 1. The predicted molar refractivity (Wildman–Crippen MR) is 46.9 cm³/mol. The average Bonchev–Trinajstić information content (AvgIpc) is 2.83. The Morgan fingerprint density at radius 1 is 1.43 bits per heavy atom. The molecule has 0 bridgehead atoms. The van der Waals surface area contributed by atoms with Gasteiger partial charge in [-0.25, -0.2) is 0 Å². The van der Waals surface area contributed by atoms with E-state index in [1.807, 2.05) is 13.8 Å². The van der Waals surface area contributed by atoms with Gasteiger partial charge in [0, 0.05) is 6.04 Å². The first-order valence-electron chi connectivity index (χ1n) is 5.05. The zero-order chi connectivity index (χ0) is 9.64. The molecule has 0 spiro atoms. The number of hydrogen-bond donors (Lipinski definition) is 0. The van der Waals surface area contributed by atoms with Crippen LogP contribution in [0.4, 0.5) is 0 Å². The summed E-state index contributed by atoms with van der Waals surface area (Å²) in [5, 5.41) is 11.1. The van der Waals surface area contributed by atoms with Crippen LogP contribution in [0.25, 0.3) is 0 Å². The van der Waals surface area contributed by atoms with Gasteiger partial charge in [-0.05, 0) is 38.6 Å². The van der Waals surface area contributed by atoms with Crippen LogP contribution in [0.1, 0.15) is 33.1 Å². The Morgan fingerprint density at radius 3 is 2.43 bits per heavy atom. The Labute approximate surface area is 107 Å². The smallest absolute Gasteiger partial charge is 0.548 e. The van der Waals surface area contributed by atoms with E-state index in [0.29, 0.717) is 6.04 Å². The van der Waals surface area contributed by atoms with E-state index in [1.165, 1.54) is 0 Å². The predicted octanol–water partition coefficient (Wildman–Crippen LogP) is -3.00. The first kappa shape index (κ1) is 12.5. The fourth-order valence-electron chi connectivity index (χ4n) is 2.40. The van der Waals surface area contributed by atoms with Crippen LogP contribution >= 0.6 is 0 Å². The molecular weight excluding hydrogens is 189 g/mol. The van der Waals surface area contributed by atoms with Gasteiger partial charge in [-0.1, -0.05) is 6.92 Å². The summed E-state index contributed by atoms with van der Waals surface area (Å²) in [6.07, 6.45) is 3.31. The van der Waals surface area contributed by atoms with Crippen molar-refractivity contribution in [3.8, 4) is 0 Å². The van der Waals surface area contributed by atoms with E-state index >= 15 is 0 Å². The maximum absolute atomic E-state index is 11.1. The zero-order valence-electron chi connectivity index (χ0n) is 9.25. The molecule has 1 heterocycles. The molecule has 0 N–H and O–H groups in total. The van der Waals surface area contributed by atoms with Crippen LogP contribution in [0.15, 0.2) is 0 Å². The maximum Gasteiger partial charge on any atom is 1.00 e. The number of carbonyl (C=O) groups is 1. The van der Waals surface area contributed by atoms with Crippen molar-refractivity contribution in [2.45, 2.75) is 44.7 Å². The summed E-state index contributed by atoms with van der Waals surface area (Å²) in [5.74, 6) is -0.678. The summed E-state index contributed by atoms with van der Waals surface area (Å²) in [7, 11) is 0. The van der Waals surface area contributed by atoms with Gasteiger partial charge >= 0.3 is 29.6 Å². The molecular formula is C10H16NNaO2. The van der Waals surface area contributed by atoms with E-state index in [2.05, 4.69) is 4.90 Å². The van der Waals surface area contributed by atoms with Crippen molar-refractivity contribution in [3.05, 3.63) is 0 Å². The Balaban J connectivity index is 0.000000980. The number of likely N-dealkylation sites (tertiary alicyclic amines) is 1. The molecule has 2 aliphatic rings. The minimum atomic E-state index is -0.899. The molecule has 2 fully saturated rings. The summed E-state index contributed by atoms with van der Waals surface area (Å²) in [4.78, 5) is 13.3. The van der Waals surface area contributed by atoms with Crippen molar-refractivity contribution in [1.29, 1.82) is 0 Å². The van der Waals surface area contributed by atoms with Gasteiger partial charge in [0.25, 0.3) is 0 Å². The van der Waals surface area contributed by atoms with Crippen molar-refractivity contribution in [3.63, 3.8) is 0 Å². The normalized spacial score (nSPS) is 38.0. The largest absolute Gasteiger partial charge is 1.00 e. The minimum absolute atomic E-state index is 0. The third-order valence-electron chi connectivity index (χ3n) is 3.76. The van der Waals surface area contributed by atoms with Gasteiger partial charge in [0.1, 0.15) is 0 Å². The maximum atomic E-state index is 11.1. The van der Waals surface area contributed by atoms with Gasteiger partial charge in [0.15, 0.2) is 0 Å². The van der Waals surface area contributed by atoms with Gasteiger partial charge in [0.2, 0.25) is 0 Å². The molecule has 0 amide bonds. The SMILES string of the molecule is CC1CCN(C2CC2)[C@]1(C)C(=O)[O-].[Na+]. The van der Waals surface area contributed by atoms with Crippen molar-refractivity contribution in [1.82, 2.24) is 4.90 Å². The van der Waals surface area contributed by atoms with E-state index in [4.69, 9.17) is 0 Å². The van der Waals surface area contributed by atoms with Crippen LogP contribution in [0.5, 0.6) is 0 Å². The van der Waals surface area contributed by atoms with E-state index in [9.17, 15) is 9.90 Å². The number of hydrogen-bond acceptors (Lipinski definition) is 3. The first-order chi connectivity index (χ1) is 6.06. The van der Waals surface area contributed by atoms with Crippen molar-refractivity contribution in [2.75, 3.05) is 6.54 Å².